The first-order valence-corrected chi connectivity index (χ1v) is 19.2. The van der Waals surface area contributed by atoms with Crippen molar-refractivity contribution in [3.05, 3.63) is 91.0 Å². The van der Waals surface area contributed by atoms with E-state index in [0.717, 1.165) is 30.2 Å². The molecular weight excluding hydrogens is 839 g/mol. The van der Waals surface area contributed by atoms with Crippen molar-refractivity contribution in [1.29, 1.82) is 0 Å². The number of thiophene rings is 2. The summed E-state index contributed by atoms with van der Waals surface area (Å²) in [7, 11) is 4.49. The molecule has 0 radical (unpaired) electrons. The Balaban J connectivity index is 0.000000178. The third kappa shape index (κ3) is 8.37. The first-order chi connectivity index (χ1) is 24.9. The largest absolute Gasteiger partial charge is 1.00 e. The number of halogens is 5. The second kappa shape index (κ2) is 16.1. The predicted octanol–water partition coefficient (Wildman–Crippen LogP) is 4.38. The number of aliphatic hydroxyl groups is 1. The maximum atomic E-state index is 13.1. The topological polar surface area (TPSA) is 120 Å². The highest BCUT2D eigenvalue weighted by Gasteiger charge is 2.71. The average molecular weight is 876 g/mol. The molecule has 1 unspecified atom stereocenters. The molecule has 53 heavy (non-hydrogen) atoms. The molecule has 1 amide bonds. The van der Waals surface area contributed by atoms with Gasteiger partial charge in [0.15, 0.2) is 11.5 Å². The fourth-order valence-corrected chi connectivity index (χ4v) is 9.17. The van der Waals surface area contributed by atoms with Crippen LogP contribution in [0.5, 0.6) is 11.5 Å². The lowest BCUT2D eigenvalue weighted by Gasteiger charge is -2.45. The van der Waals surface area contributed by atoms with Gasteiger partial charge in [0.05, 0.1) is 46.2 Å². The Labute approximate surface area is 333 Å². The predicted molar refractivity (Wildman–Crippen MR) is 193 cm³/mol. The molecule has 1 aliphatic carbocycles. The maximum Gasteiger partial charge on any atom is 0.387 e. The Kier molecular flexibility index (Phi) is 12.1. The lowest BCUT2D eigenvalue weighted by Crippen LogP contribution is -3.00. The summed E-state index contributed by atoms with van der Waals surface area (Å²) in [6.45, 7) is -2.61. The van der Waals surface area contributed by atoms with Crippen molar-refractivity contribution in [2.24, 2.45) is 5.92 Å². The molecular formula is C36H36BrCl2F2N3O7S2. The zero-order chi connectivity index (χ0) is 36.8. The van der Waals surface area contributed by atoms with Gasteiger partial charge in [-0.05, 0) is 59.9 Å². The van der Waals surface area contributed by atoms with Crippen LogP contribution in [0.2, 0.25) is 10.0 Å². The van der Waals surface area contributed by atoms with Crippen molar-refractivity contribution in [2.75, 3.05) is 26.0 Å². The Morgan fingerprint density at radius 2 is 1.62 bits per heavy atom. The second-order valence-electron chi connectivity index (χ2n) is 13.7. The monoisotopic (exact) mass is 873 g/mol. The first kappa shape index (κ1) is 39.8. The van der Waals surface area contributed by atoms with Crippen LogP contribution in [-0.4, -0.2) is 84.2 Å². The minimum absolute atomic E-state index is 0. The van der Waals surface area contributed by atoms with E-state index in [2.05, 4.69) is 29.1 Å². The van der Waals surface area contributed by atoms with Crippen molar-refractivity contribution in [1.82, 2.24) is 4.98 Å². The summed E-state index contributed by atoms with van der Waals surface area (Å²) in [6, 6.07) is 12.0. The van der Waals surface area contributed by atoms with Crippen LogP contribution in [0, 0.1) is 5.92 Å². The number of nitrogens with one attached hydrogen (secondary N) is 1. The van der Waals surface area contributed by atoms with Crippen LogP contribution in [0.1, 0.15) is 45.8 Å². The standard InChI is InChI=1S/C19H22NO4S2.C17H14Cl2F2N2O3.BrH/c1-20(2)12-9-11(10-13(20)17-16(12)24-17)23-18(21)19(22,14-5-3-7-25-14)15-6-4-8-26-15;18-11-6-22-7-12(19)15(11)23-16(24)10-3-4-13(26-17(20)21)14(5-10)25-8-9-1-2-9;/h3-8,11-13,16-17,22H,9-10H2,1-2H3;3-7,9,17H,1-2,8H2,(H,22,23,24);1H/q+1;;/p-1/t11?,12-,13+,16-,17+;;. The SMILES string of the molecule is C[N+]1(C)[C@@H]2CC(OC(=O)C(O)(c3cccs3)c3cccs3)C[C@H]1[C@@H]1O[C@@H]12.O=C(Nc1c(Cl)cncc1Cl)c1ccc(OC(F)F)c(OCC2CC2)c1.[Br-]. The third-order valence-electron chi connectivity index (χ3n) is 10.0. The number of likely N-dealkylation sites (N-methyl/N-ethyl adjacent to an activating group) is 1. The average Bonchev–Trinajstić information content (AvgIpc) is 3.94. The molecule has 0 spiro atoms. The Morgan fingerprint density at radius 3 is 2.15 bits per heavy atom. The van der Waals surface area contributed by atoms with E-state index in [0.29, 0.717) is 46.6 Å². The number of fused-ring (bicyclic) bond motifs is 5. The number of ether oxygens (including phenoxy) is 4. The summed E-state index contributed by atoms with van der Waals surface area (Å²) in [5.41, 5.74) is -1.33. The van der Waals surface area contributed by atoms with Crippen molar-refractivity contribution in [3.8, 4) is 11.5 Å². The zero-order valence-corrected chi connectivity index (χ0v) is 33.2. The number of piperidine rings is 1. The number of rotatable bonds is 11. The molecule has 5 atom stereocenters. The number of pyridine rings is 1. The fraction of sp³-hybridized carbons (Fsp3) is 0.417. The number of hydrogen-bond donors (Lipinski definition) is 2. The molecule has 1 saturated carbocycles. The van der Waals surface area contributed by atoms with Gasteiger partial charge >= 0.3 is 12.6 Å². The molecule has 2 N–H and O–H groups in total. The summed E-state index contributed by atoms with van der Waals surface area (Å²) in [5.74, 6) is -0.733. The second-order valence-corrected chi connectivity index (χ2v) is 16.4. The van der Waals surface area contributed by atoms with Crippen LogP contribution in [0.25, 0.3) is 0 Å². The van der Waals surface area contributed by atoms with Gasteiger partial charge in [-0.15, -0.1) is 22.7 Å². The lowest BCUT2D eigenvalue weighted by atomic mass is 9.95. The number of esters is 1. The Morgan fingerprint density at radius 1 is 1.02 bits per heavy atom. The van der Waals surface area contributed by atoms with Crippen LogP contribution in [0.4, 0.5) is 14.5 Å². The number of alkyl halides is 2. The smallest absolute Gasteiger partial charge is 0.387 e. The molecule has 4 aliphatic rings. The molecule has 284 valence electrons. The van der Waals surface area contributed by atoms with Crippen LogP contribution < -0.4 is 31.8 Å². The highest BCUT2D eigenvalue weighted by atomic mass is 79.9. The van der Waals surface area contributed by atoms with E-state index in [1.54, 1.807) is 12.1 Å². The van der Waals surface area contributed by atoms with Gasteiger partial charge in [-0.1, -0.05) is 35.3 Å². The molecule has 4 fully saturated rings. The van der Waals surface area contributed by atoms with E-state index in [9.17, 15) is 23.5 Å². The number of aromatic nitrogens is 1. The number of benzene rings is 1. The van der Waals surface area contributed by atoms with Crippen molar-refractivity contribution < 1.29 is 63.9 Å². The molecule has 1 aromatic carbocycles. The summed E-state index contributed by atoms with van der Waals surface area (Å²) >= 11 is 14.7. The van der Waals surface area contributed by atoms with Gasteiger partial charge in [-0.25, -0.2) is 4.79 Å². The summed E-state index contributed by atoms with van der Waals surface area (Å²) < 4.78 is 47.8. The summed E-state index contributed by atoms with van der Waals surface area (Å²) in [6.07, 6.45) is 6.79. The molecule has 2 bridgehead atoms. The third-order valence-corrected chi connectivity index (χ3v) is 12.6. The molecule has 6 heterocycles. The van der Waals surface area contributed by atoms with Gasteiger partial charge < -0.3 is 50.8 Å². The van der Waals surface area contributed by atoms with Crippen LogP contribution in [0.15, 0.2) is 65.6 Å². The van der Waals surface area contributed by atoms with Gasteiger partial charge in [-0.2, -0.15) is 8.78 Å². The highest BCUT2D eigenvalue weighted by molar-refractivity contribution is 7.12. The van der Waals surface area contributed by atoms with E-state index < -0.39 is 24.1 Å². The van der Waals surface area contributed by atoms with E-state index in [1.807, 2.05) is 22.9 Å². The Hall–Kier alpha value is -2.89. The number of morpholine rings is 1. The van der Waals surface area contributed by atoms with Gasteiger partial charge in [0, 0.05) is 30.8 Å². The van der Waals surface area contributed by atoms with Crippen molar-refractivity contribution in [3.63, 3.8) is 0 Å². The van der Waals surface area contributed by atoms with Crippen LogP contribution >= 0.6 is 45.9 Å². The van der Waals surface area contributed by atoms with Gasteiger partial charge in [0.1, 0.15) is 30.4 Å². The van der Waals surface area contributed by atoms with Crippen LogP contribution in [-0.2, 0) is 19.9 Å². The number of carbonyl (C=O) groups excluding carboxylic acids is 2. The fourth-order valence-electron chi connectivity index (χ4n) is 6.99. The molecule has 17 heteroatoms. The Bertz CT molecular complexity index is 1850. The normalized spacial score (nSPS) is 23.5. The van der Waals surface area contributed by atoms with Gasteiger partial charge in [0.25, 0.3) is 5.91 Å². The number of carbonyl (C=O) groups is 2. The van der Waals surface area contributed by atoms with Crippen LogP contribution in [0.3, 0.4) is 0 Å². The van der Waals surface area contributed by atoms with Gasteiger partial charge in [0.2, 0.25) is 5.60 Å². The van der Waals surface area contributed by atoms with E-state index in [4.69, 9.17) is 37.4 Å². The number of nitrogens with zero attached hydrogens (tertiary/aromatic N) is 2. The van der Waals surface area contributed by atoms with E-state index in [1.165, 1.54) is 53.3 Å². The number of quaternary nitrogens is 1. The van der Waals surface area contributed by atoms with Gasteiger partial charge in [-0.3, -0.25) is 9.78 Å². The molecule has 8 rings (SSSR count). The number of amides is 1. The summed E-state index contributed by atoms with van der Waals surface area (Å²) in [4.78, 5) is 30.6. The molecule has 4 aromatic rings. The molecule has 3 aromatic heterocycles. The molecule has 10 nitrogen and oxygen atoms in total. The van der Waals surface area contributed by atoms with E-state index >= 15 is 0 Å². The van der Waals surface area contributed by atoms with Crippen molar-refractivity contribution >= 4 is 63.4 Å². The van der Waals surface area contributed by atoms with Crippen molar-refractivity contribution in [2.45, 2.75) is 68.3 Å². The first-order valence-electron chi connectivity index (χ1n) is 16.7. The summed E-state index contributed by atoms with van der Waals surface area (Å²) in [5, 5.41) is 18.0. The molecule has 3 aliphatic heterocycles. The van der Waals surface area contributed by atoms with E-state index in [-0.39, 0.29) is 55.9 Å². The highest BCUT2D eigenvalue weighted by Crippen LogP contribution is 2.52. The number of anilines is 1. The minimum Gasteiger partial charge on any atom is -1.00 e. The lowest BCUT2D eigenvalue weighted by molar-refractivity contribution is -0.938. The zero-order valence-electron chi connectivity index (χ0n) is 28.4. The number of hydrogen-bond acceptors (Lipinski definition) is 10. The minimum atomic E-state index is -2.99. The quantitative estimate of drug-likeness (QED) is 0.130. The number of epoxide rings is 1. The molecule has 3 saturated heterocycles. The maximum absolute atomic E-state index is 13.1.